The highest BCUT2D eigenvalue weighted by atomic mass is 19.4. The molecule has 11 heteroatoms. The van der Waals surface area contributed by atoms with Crippen molar-refractivity contribution in [1.29, 1.82) is 0 Å². The maximum absolute atomic E-state index is 13.4. The molecule has 1 heterocycles. The zero-order valence-corrected chi connectivity index (χ0v) is 19.1. The summed E-state index contributed by atoms with van der Waals surface area (Å²) in [6.45, 7) is 0.105. The number of likely N-dealkylation sites (tertiary alicyclic amines) is 1. The van der Waals surface area contributed by atoms with E-state index in [1.165, 1.54) is 14.1 Å². The van der Waals surface area contributed by atoms with E-state index in [0.29, 0.717) is 18.6 Å². The largest absolute Gasteiger partial charge is 0.416 e. The SMILES string of the molecule is CNC(=O)N1CC[C@@H](C(=O)N(C)Cc2cc(C(F)(F)F)cc(C(F)(F)F)c2)[C@H](c2ccccc2)C1. The van der Waals surface area contributed by atoms with Gasteiger partial charge in [0.15, 0.2) is 0 Å². The highest BCUT2D eigenvalue weighted by Crippen LogP contribution is 2.37. The molecule has 1 aliphatic heterocycles. The molecule has 0 spiro atoms. The number of benzene rings is 2. The van der Waals surface area contributed by atoms with E-state index < -0.39 is 41.8 Å². The Morgan fingerprint density at radius 2 is 1.57 bits per heavy atom. The molecule has 3 amide bonds. The second-order valence-corrected chi connectivity index (χ2v) is 8.52. The lowest BCUT2D eigenvalue weighted by molar-refractivity contribution is -0.143. The van der Waals surface area contributed by atoms with Crippen LogP contribution in [0.15, 0.2) is 48.5 Å². The van der Waals surface area contributed by atoms with Crippen LogP contribution in [0.25, 0.3) is 0 Å². The van der Waals surface area contributed by atoms with Gasteiger partial charge in [0.05, 0.1) is 11.1 Å². The van der Waals surface area contributed by atoms with E-state index in [-0.39, 0.29) is 36.7 Å². The van der Waals surface area contributed by atoms with Gasteiger partial charge >= 0.3 is 18.4 Å². The Balaban J connectivity index is 1.87. The summed E-state index contributed by atoms with van der Waals surface area (Å²) in [7, 11) is 2.85. The van der Waals surface area contributed by atoms with Gasteiger partial charge in [0.1, 0.15) is 0 Å². The molecule has 0 saturated carbocycles. The van der Waals surface area contributed by atoms with Crippen molar-refractivity contribution in [2.24, 2.45) is 5.92 Å². The molecule has 2 aromatic rings. The highest BCUT2D eigenvalue weighted by molar-refractivity contribution is 5.81. The summed E-state index contributed by atoms with van der Waals surface area (Å²) in [4.78, 5) is 28.2. The monoisotopic (exact) mass is 501 g/mol. The number of carbonyl (C=O) groups is 2. The number of hydrogen-bond donors (Lipinski definition) is 1. The van der Waals surface area contributed by atoms with Crippen molar-refractivity contribution in [3.63, 3.8) is 0 Å². The van der Waals surface area contributed by atoms with Gasteiger partial charge in [-0.05, 0) is 35.7 Å². The third-order valence-electron chi connectivity index (χ3n) is 6.10. The van der Waals surface area contributed by atoms with Crippen LogP contribution >= 0.6 is 0 Å². The standard InChI is InChI=1S/C24H25F6N3O2/c1-31-22(35)33-9-8-19(20(14-33)16-6-4-3-5-7-16)21(34)32(2)13-15-10-17(23(25,26)27)12-18(11-15)24(28,29)30/h3-7,10-12,19-20H,8-9,13-14H2,1-2H3,(H,31,35)/t19-,20+/m1/s1. The second-order valence-electron chi connectivity index (χ2n) is 8.52. The molecule has 1 fully saturated rings. The third kappa shape index (κ3) is 6.26. The van der Waals surface area contributed by atoms with E-state index in [1.807, 2.05) is 12.1 Å². The second kappa shape index (κ2) is 10.2. The molecule has 190 valence electrons. The number of piperidine rings is 1. The van der Waals surface area contributed by atoms with Crippen LogP contribution in [0.2, 0.25) is 0 Å². The van der Waals surface area contributed by atoms with E-state index in [1.54, 1.807) is 23.1 Å². The maximum Gasteiger partial charge on any atom is 0.416 e. The summed E-state index contributed by atoms with van der Waals surface area (Å²) >= 11 is 0. The number of nitrogens with zero attached hydrogens (tertiary/aromatic N) is 2. The molecule has 1 saturated heterocycles. The minimum absolute atomic E-state index is 0.0608. The minimum Gasteiger partial charge on any atom is -0.341 e. The Morgan fingerprint density at radius 3 is 2.09 bits per heavy atom. The van der Waals surface area contributed by atoms with Gasteiger partial charge in [0.2, 0.25) is 5.91 Å². The van der Waals surface area contributed by atoms with E-state index in [2.05, 4.69) is 5.32 Å². The van der Waals surface area contributed by atoms with E-state index >= 15 is 0 Å². The minimum atomic E-state index is -4.97. The first-order chi connectivity index (χ1) is 16.3. The fourth-order valence-electron chi connectivity index (χ4n) is 4.37. The number of hydrogen-bond acceptors (Lipinski definition) is 2. The van der Waals surface area contributed by atoms with Gasteiger partial charge in [0, 0.05) is 45.6 Å². The summed E-state index contributed by atoms with van der Waals surface area (Å²) in [6, 6.07) is 10.0. The molecule has 1 N–H and O–H groups in total. The molecule has 1 aliphatic rings. The quantitative estimate of drug-likeness (QED) is 0.591. The Morgan fingerprint density at radius 1 is 1.00 bits per heavy atom. The molecule has 3 rings (SSSR count). The molecule has 0 aliphatic carbocycles. The zero-order chi connectivity index (χ0) is 26.0. The number of carbonyl (C=O) groups excluding carboxylic acids is 2. The van der Waals surface area contributed by atoms with Gasteiger partial charge in [-0.15, -0.1) is 0 Å². The molecule has 2 aromatic carbocycles. The first-order valence-corrected chi connectivity index (χ1v) is 10.9. The van der Waals surface area contributed by atoms with E-state index in [0.717, 1.165) is 10.5 Å². The summed E-state index contributed by atoms with van der Waals surface area (Å²) in [5.74, 6) is -1.40. The molecular formula is C24H25F6N3O2. The maximum atomic E-state index is 13.4. The van der Waals surface area contributed by atoms with Crippen LogP contribution in [-0.2, 0) is 23.7 Å². The first kappa shape index (κ1) is 26.4. The van der Waals surface area contributed by atoms with Gasteiger partial charge in [0.25, 0.3) is 0 Å². The van der Waals surface area contributed by atoms with Crippen molar-refractivity contribution < 1.29 is 35.9 Å². The lowest BCUT2D eigenvalue weighted by Crippen LogP contribution is -2.49. The zero-order valence-electron chi connectivity index (χ0n) is 19.1. The van der Waals surface area contributed by atoms with Crippen molar-refractivity contribution in [3.8, 4) is 0 Å². The normalized spacial score (nSPS) is 18.8. The predicted molar refractivity (Wildman–Crippen MR) is 116 cm³/mol. The molecule has 0 unspecified atom stereocenters. The number of rotatable bonds is 4. The summed E-state index contributed by atoms with van der Waals surface area (Å²) in [6.07, 6.45) is -9.64. The van der Waals surface area contributed by atoms with E-state index in [4.69, 9.17) is 0 Å². The number of amides is 3. The summed E-state index contributed by atoms with van der Waals surface area (Å²) in [5.41, 5.74) is -2.32. The lowest BCUT2D eigenvalue weighted by atomic mass is 9.80. The lowest BCUT2D eigenvalue weighted by Gasteiger charge is -2.39. The van der Waals surface area contributed by atoms with Crippen LogP contribution < -0.4 is 5.32 Å². The highest BCUT2D eigenvalue weighted by Gasteiger charge is 2.39. The smallest absolute Gasteiger partial charge is 0.341 e. The topological polar surface area (TPSA) is 52.7 Å². The number of nitrogens with one attached hydrogen (secondary N) is 1. The number of alkyl halides is 6. The van der Waals surface area contributed by atoms with Gasteiger partial charge in [-0.3, -0.25) is 4.79 Å². The first-order valence-electron chi connectivity index (χ1n) is 10.9. The summed E-state index contributed by atoms with van der Waals surface area (Å²) in [5, 5.41) is 2.55. The van der Waals surface area contributed by atoms with Crippen molar-refractivity contribution in [2.75, 3.05) is 27.2 Å². The molecule has 2 atom stereocenters. The molecule has 0 radical (unpaired) electrons. The van der Waals surface area contributed by atoms with Crippen LogP contribution in [0.3, 0.4) is 0 Å². The third-order valence-corrected chi connectivity index (χ3v) is 6.10. The van der Waals surface area contributed by atoms with Crippen LogP contribution in [0.5, 0.6) is 0 Å². The molecule has 0 aromatic heterocycles. The Labute approximate surface area is 198 Å². The fraction of sp³-hybridized carbons (Fsp3) is 0.417. The van der Waals surface area contributed by atoms with Crippen LogP contribution in [0.4, 0.5) is 31.1 Å². The van der Waals surface area contributed by atoms with Crippen molar-refractivity contribution in [1.82, 2.24) is 15.1 Å². The Kier molecular flexibility index (Phi) is 7.66. The van der Waals surface area contributed by atoms with Crippen LogP contribution in [-0.4, -0.2) is 48.9 Å². The Bertz CT molecular complexity index is 1020. The average Bonchev–Trinajstić information content (AvgIpc) is 2.82. The van der Waals surface area contributed by atoms with Crippen molar-refractivity contribution >= 4 is 11.9 Å². The molecule has 0 bridgehead atoms. The average molecular weight is 501 g/mol. The summed E-state index contributed by atoms with van der Waals surface area (Å²) < 4.78 is 79.2. The van der Waals surface area contributed by atoms with Gasteiger partial charge < -0.3 is 15.1 Å². The molecule has 35 heavy (non-hydrogen) atoms. The Hall–Kier alpha value is -3.24. The van der Waals surface area contributed by atoms with Crippen LogP contribution in [0.1, 0.15) is 34.6 Å². The van der Waals surface area contributed by atoms with Crippen molar-refractivity contribution in [3.05, 3.63) is 70.8 Å². The predicted octanol–water partition coefficient (Wildman–Crippen LogP) is 5.13. The molecule has 5 nitrogen and oxygen atoms in total. The van der Waals surface area contributed by atoms with E-state index in [9.17, 15) is 35.9 Å². The molecular weight excluding hydrogens is 476 g/mol. The fourth-order valence-corrected chi connectivity index (χ4v) is 4.37. The van der Waals surface area contributed by atoms with Gasteiger partial charge in [-0.1, -0.05) is 30.3 Å². The number of urea groups is 1. The van der Waals surface area contributed by atoms with Crippen molar-refractivity contribution in [2.45, 2.75) is 31.2 Å². The number of halogens is 6. The van der Waals surface area contributed by atoms with Gasteiger partial charge in [-0.2, -0.15) is 26.3 Å². The van der Waals surface area contributed by atoms with Gasteiger partial charge in [-0.25, -0.2) is 4.79 Å². The van der Waals surface area contributed by atoms with Crippen LogP contribution in [0, 0.1) is 5.92 Å².